The molecule has 2 unspecified atom stereocenters. The van der Waals surface area contributed by atoms with Crippen LogP contribution in [0.3, 0.4) is 0 Å². The molecule has 0 bridgehead atoms. The minimum Gasteiger partial charge on any atom is -0.467 e. The third-order valence-electron chi connectivity index (χ3n) is 4.71. The van der Waals surface area contributed by atoms with Crippen LogP contribution in [0.4, 0.5) is 18.9 Å². The highest BCUT2D eigenvalue weighted by Gasteiger charge is 2.44. The van der Waals surface area contributed by atoms with Crippen LogP contribution in [-0.2, 0) is 11.3 Å². The molecule has 25 heavy (non-hydrogen) atoms. The topological polar surface area (TPSA) is 33.5 Å². The zero-order valence-corrected chi connectivity index (χ0v) is 13.7. The fraction of sp³-hybridized carbons (Fsp3) is 0.421. The van der Waals surface area contributed by atoms with Gasteiger partial charge in [-0.2, -0.15) is 13.2 Å². The number of furan rings is 1. The Balaban J connectivity index is 1.81. The van der Waals surface area contributed by atoms with E-state index in [0.29, 0.717) is 24.3 Å². The Morgan fingerprint density at radius 3 is 2.52 bits per heavy atom. The van der Waals surface area contributed by atoms with Gasteiger partial charge in [0.25, 0.3) is 0 Å². The number of amides is 1. The molecule has 1 aromatic carbocycles. The molecule has 3 nitrogen and oxygen atoms in total. The van der Waals surface area contributed by atoms with Crippen LogP contribution in [0.15, 0.2) is 53.1 Å². The van der Waals surface area contributed by atoms with Gasteiger partial charge in [-0.15, -0.1) is 0 Å². The molecule has 1 aliphatic rings. The van der Waals surface area contributed by atoms with Gasteiger partial charge in [-0.25, -0.2) is 0 Å². The van der Waals surface area contributed by atoms with Crippen molar-refractivity contribution in [1.82, 2.24) is 0 Å². The van der Waals surface area contributed by atoms with E-state index in [4.69, 9.17) is 4.42 Å². The number of halogens is 3. The molecule has 3 rings (SSSR count). The minimum atomic E-state index is -4.24. The minimum absolute atomic E-state index is 0.108. The lowest BCUT2D eigenvalue weighted by atomic mass is 9.80. The van der Waals surface area contributed by atoms with E-state index >= 15 is 0 Å². The summed E-state index contributed by atoms with van der Waals surface area (Å²) in [5.74, 6) is -1.68. The Bertz CT molecular complexity index is 682. The number of rotatable bonds is 4. The summed E-state index contributed by atoms with van der Waals surface area (Å²) < 4.78 is 44.5. The van der Waals surface area contributed by atoms with E-state index < -0.39 is 18.0 Å². The first kappa shape index (κ1) is 17.6. The molecule has 1 aromatic heterocycles. The molecule has 1 saturated carbocycles. The van der Waals surface area contributed by atoms with Gasteiger partial charge in [-0.05, 0) is 43.5 Å². The van der Waals surface area contributed by atoms with Crippen LogP contribution in [0.25, 0.3) is 0 Å². The summed E-state index contributed by atoms with van der Waals surface area (Å²) in [5, 5.41) is 0. The molecule has 1 aliphatic carbocycles. The van der Waals surface area contributed by atoms with Crippen molar-refractivity contribution in [2.75, 3.05) is 4.90 Å². The van der Waals surface area contributed by atoms with E-state index in [1.165, 1.54) is 11.2 Å². The molecular weight excluding hydrogens is 331 g/mol. The third kappa shape index (κ3) is 4.24. The van der Waals surface area contributed by atoms with Gasteiger partial charge >= 0.3 is 6.18 Å². The fourth-order valence-electron chi connectivity index (χ4n) is 3.39. The van der Waals surface area contributed by atoms with E-state index in [2.05, 4.69) is 0 Å². The molecule has 2 aromatic rings. The number of carbonyl (C=O) groups is 1. The monoisotopic (exact) mass is 351 g/mol. The molecule has 2 atom stereocenters. The van der Waals surface area contributed by atoms with Gasteiger partial charge in [0.05, 0.1) is 18.7 Å². The fourth-order valence-corrected chi connectivity index (χ4v) is 3.39. The van der Waals surface area contributed by atoms with Crippen molar-refractivity contribution < 1.29 is 22.4 Å². The Hall–Kier alpha value is -2.24. The summed E-state index contributed by atoms with van der Waals surface area (Å²) in [6, 6.07) is 12.5. The number of anilines is 1. The standard InChI is InChI=1S/C19H20F3NO2/c20-19(21,22)15-7-4-6-14(12-15)18(24)23(13-17-10-5-11-25-17)16-8-2-1-3-9-16/h1-3,5,8-11,14-15H,4,6-7,12-13H2. The van der Waals surface area contributed by atoms with Crippen LogP contribution in [0.5, 0.6) is 0 Å². The van der Waals surface area contributed by atoms with Crippen molar-refractivity contribution in [3.8, 4) is 0 Å². The van der Waals surface area contributed by atoms with Gasteiger partial charge in [0.2, 0.25) is 5.91 Å². The number of benzene rings is 1. The lowest BCUT2D eigenvalue weighted by Gasteiger charge is -2.33. The number of alkyl halides is 3. The Morgan fingerprint density at radius 1 is 1.12 bits per heavy atom. The first-order chi connectivity index (χ1) is 11.9. The largest absolute Gasteiger partial charge is 0.467 e. The van der Waals surface area contributed by atoms with E-state index in [1.54, 1.807) is 36.4 Å². The van der Waals surface area contributed by atoms with Crippen molar-refractivity contribution in [3.05, 3.63) is 54.5 Å². The molecular formula is C19H20F3NO2. The van der Waals surface area contributed by atoms with Crippen LogP contribution < -0.4 is 4.90 Å². The van der Waals surface area contributed by atoms with Crippen LogP contribution in [0.1, 0.15) is 31.4 Å². The Labute approximate surface area is 144 Å². The van der Waals surface area contributed by atoms with E-state index in [0.717, 1.165) is 0 Å². The SMILES string of the molecule is O=C(C1CCCC(C(F)(F)F)C1)N(Cc1ccco1)c1ccccc1. The molecule has 0 saturated heterocycles. The summed E-state index contributed by atoms with van der Waals surface area (Å²) in [5.41, 5.74) is 0.665. The van der Waals surface area contributed by atoms with Crippen LogP contribution >= 0.6 is 0 Å². The quantitative estimate of drug-likeness (QED) is 0.760. The average molecular weight is 351 g/mol. The van der Waals surface area contributed by atoms with Crippen molar-refractivity contribution in [2.45, 2.75) is 38.4 Å². The third-order valence-corrected chi connectivity index (χ3v) is 4.71. The van der Waals surface area contributed by atoms with E-state index in [9.17, 15) is 18.0 Å². The highest BCUT2D eigenvalue weighted by Crippen LogP contribution is 2.41. The second-order valence-corrected chi connectivity index (χ2v) is 6.44. The van der Waals surface area contributed by atoms with Gasteiger partial charge in [-0.1, -0.05) is 24.6 Å². The maximum atomic E-state index is 13.1. The van der Waals surface area contributed by atoms with Gasteiger partial charge in [0.15, 0.2) is 0 Å². The molecule has 6 heteroatoms. The number of carbonyl (C=O) groups excluding carboxylic acids is 1. The number of nitrogens with zero attached hydrogens (tertiary/aromatic N) is 1. The Kier molecular flexibility index (Phi) is 5.16. The smallest absolute Gasteiger partial charge is 0.391 e. The molecule has 1 amide bonds. The predicted octanol–water partition coefficient (Wildman–Crippen LogP) is 5.18. The zero-order valence-electron chi connectivity index (χ0n) is 13.7. The average Bonchev–Trinajstić information content (AvgIpc) is 3.12. The molecule has 134 valence electrons. The molecule has 0 aliphatic heterocycles. The predicted molar refractivity (Wildman–Crippen MR) is 87.8 cm³/mol. The van der Waals surface area contributed by atoms with Crippen molar-refractivity contribution >= 4 is 11.6 Å². The normalized spacial score (nSPS) is 21.1. The van der Waals surface area contributed by atoms with E-state index in [1.807, 2.05) is 6.07 Å². The van der Waals surface area contributed by atoms with Gasteiger partial charge < -0.3 is 9.32 Å². The molecule has 0 radical (unpaired) electrons. The first-order valence-electron chi connectivity index (χ1n) is 8.40. The second kappa shape index (κ2) is 7.33. The van der Waals surface area contributed by atoms with Crippen LogP contribution in [0, 0.1) is 11.8 Å². The first-order valence-corrected chi connectivity index (χ1v) is 8.40. The zero-order chi connectivity index (χ0) is 17.9. The Morgan fingerprint density at radius 2 is 1.88 bits per heavy atom. The molecule has 0 spiro atoms. The van der Waals surface area contributed by atoms with Crippen molar-refractivity contribution in [1.29, 1.82) is 0 Å². The van der Waals surface area contributed by atoms with Crippen molar-refractivity contribution in [2.24, 2.45) is 11.8 Å². The summed E-state index contributed by atoms with van der Waals surface area (Å²) >= 11 is 0. The highest BCUT2D eigenvalue weighted by atomic mass is 19.4. The van der Waals surface area contributed by atoms with Crippen LogP contribution in [-0.4, -0.2) is 12.1 Å². The number of para-hydroxylation sites is 1. The second-order valence-electron chi connectivity index (χ2n) is 6.44. The summed E-state index contributed by atoms with van der Waals surface area (Å²) in [7, 11) is 0. The molecule has 1 fully saturated rings. The highest BCUT2D eigenvalue weighted by molar-refractivity contribution is 5.94. The molecule has 0 N–H and O–H groups in total. The maximum absolute atomic E-state index is 13.1. The van der Waals surface area contributed by atoms with Gasteiger partial charge in [0, 0.05) is 11.6 Å². The van der Waals surface area contributed by atoms with E-state index in [-0.39, 0.29) is 25.3 Å². The van der Waals surface area contributed by atoms with Gasteiger partial charge in [-0.3, -0.25) is 4.79 Å². The molecule has 1 heterocycles. The van der Waals surface area contributed by atoms with Crippen LogP contribution in [0.2, 0.25) is 0 Å². The number of hydrogen-bond donors (Lipinski definition) is 0. The van der Waals surface area contributed by atoms with Gasteiger partial charge in [0.1, 0.15) is 5.76 Å². The van der Waals surface area contributed by atoms with Crippen molar-refractivity contribution in [3.63, 3.8) is 0 Å². The number of hydrogen-bond acceptors (Lipinski definition) is 2. The summed E-state index contributed by atoms with van der Waals surface area (Å²) in [6.07, 6.45) is -1.84. The summed E-state index contributed by atoms with van der Waals surface area (Å²) in [6.45, 7) is 0.211. The lowest BCUT2D eigenvalue weighted by molar-refractivity contribution is -0.186. The summed E-state index contributed by atoms with van der Waals surface area (Å²) in [4.78, 5) is 14.5. The lowest BCUT2D eigenvalue weighted by Crippen LogP contribution is -2.40. The maximum Gasteiger partial charge on any atom is 0.391 e.